The molecule has 0 fully saturated rings. The van der Waals surface area contributed by atoms with Crippen molar-refractivity contribution in [3.05, 3.63) is 30.1 Å². The molecule has 1 aromatic rings. The van der Waals surface area contributed by atoms with Crippen LogP contribution < -0.4 is 10.8 Å². The minimum Gasteiger partial charge on any atom is -0.304 e. The van der Waals surface area contributed by atoms with Crippen LogP contribution in [0.4, 0.5) is 0 Å². The standard InChI is InChI=1S/C8H11N3O2/c12-8(11-13)6-10-5-7-2-1-3-9-4-7/h1-4,10,13H,5-6H2,(H,11,12). The van der Waals surface area contributed by atoms with Gasteiger partial charge in [0.2, 0.25) is 0 Å². The van der Waals surface area contributed by atoms with E-state index < -0.39 is 5.91 Å². The van der Waals surface area contributed by atoms with E-state index in [2.05, 4.69) is 10.3 Å². The number of carbonyl (C=O) groups is 1. The van der Waals surface area contributed by atoms with Crippen molar-refractivity contribution in [2.24, 2.45) is 0 Å². The molecule has 1 amide bonds. The molecular weight excluding hydrogens is 170 g/mol. The van der Waals surface area contributed by atoms with Crippen LogP contribution in [-0.4, -0.2) is 22.6 Å². The number of pyridine rings is 1. The smallest absolute Gasteiger partial charge is 0.257 e. The highest BCUT2D eigenvalue weighted by atomic mass is 16.5. The van der Waals surface area contributed by atoms with Crippen molar-refractivity contribution in [3.63, 3.8) is 0 Å². The van der Waals surface area contributed by atoms with Crippen molar-refractivity contribution in [3.8, 4) is 0 Å². The highest BCUT2D eigenvalue weighted by Crippen LogP contribution is 1.93. The zero-order chi connectivity index (χ0) is 9.52. The summed E-state index contributed by atoms with van der Waals surface area (Å²) in [5, 5.41) is 11.0. The average Bonchev–Trinajstić information content (AvgIpc) is 2.19. The third-order valence-electron chi connectivity index (χ3n) is 1.46. The van der Waals surface area contributed by atoms with Gasteiger partial charge in [0.1, 0.15) is 0 Å². The van der Waals surface area contributed by atoms with E-state index in [-0.39, 0.29) is 6.54 Å². The Morgan fingerprint density at radius 3 is 3.08 bits per heavy atom. The van der Waals surface area contributed by atoms with E-state index in [4.69, 9.17) is 5.21 Å². The average molecular weight is 181 g/mol. The van der Waals surface area contributed by atoms with Crippen LogP contribution in [0.1, 0.15) is 5.56 Å². The van der Waals surface area contributed by atoms with E-state index in [9.17, 15) is 4.79 Å². The topological polar surface area (TPSA) is 74.2 Å². The van der Waals surface area contributed by atoms with Crippen LogP contribution in [0.25, 0.3) is 0 Å². The van der Waals surface area contributed by atoms with Crippen molar-refractivity contribution in [1.29, 1.82) is 0 Å². The Morgan fingerprint density at radius 1 is 1.62 bits per heavy atom. The molecule has 1 rings (SSSR count). The van der Waals surface area contributed by atoms with E-state index >= 15 is 0 Å². The summed E-state index contributed by atoms with van der Waals surface area (Å²) in [5.74, 6) is -0.455. The van der Waals surface area contributed by atoms with Crippen LogP contribution in [-0.2, 0) is 11.3 Å². The SMILES string of the molecule is O=C(CNCc1cccnc1)NO. The highest BCUT2D eigenvalue weighted by molar-refractivity contribution is 5.76. The molecule has 0 bridgehead atoms. The Hall–Kier alpha value is -1.46. The molecule has 0 aliphatic carbocycles. The quantitative estimate of drug-likeness (QED) is 0.439. The summed E-state index contributed by atoms with van der Waals surface area (Å²) in [7, 11) is 0. The number of aromatic nitrogens is 1. The van der Waals surface area contributed by atoms with E-state index in [0.717, 1.165) is 5.56 Å². The molecule has 0 aliphatic heterocycles. The molecule has 0 aromatic carbocycles. The van der Waals surface area contributed by atoms with E-state index in [1.807, 2.05) is 12.1 Å². The molecule has 13 heavy (non-hydrogen) atoms. The first-order valence-corrected chi connectivity index (χ1v) is 3.85. The predicted molar refractivity (Wildman–Crippen MR) is 45.9 cm³/mol. The Morgan fingerprint density at radius 2 is 2.46 bits per heavy atom. The molecule has 0 saturated heterocycles. The van der Waals surface area contributed by atoms with Crippen molar-refractivity contribution in [2.45, 2.75) is 6.54 Å². The van der Waals surface area contributed by atoms with Crippen LogP contribution in [0.3, 0.4) is 0 Å². The lowest BCUT2D eigenvalue weighted by Gasteiger charge is -2.02. The molecule has 1 aromatic heterocycles. The minimum absolute atomic E-state index is 0.0887. The second-order valence-electron chi connectivity index (χ2n) is 2.50. The fourth-order valence-corrected chi connectivity index (χ4v) is 0.863. The van der Waals surface area contributed by atoms with Gasteiger partial charge in [0, 0.05) is 18.9 Å². The number of hydroxylamine groups is 1. The van der Waals surface area contributed by atoms with Gasteiger partial charge in [-0.15, -0.1) is 0 Å². The Balaban J connectivity index is 2.24. The lowest BCUT2D eigenvalue weighted by molar-refractivity contribution is -0.128. The van der Waals surface area contributed by atoms with Crippen LogP contribution >= 0.6 is 0 Å². The molecule has 0 saturated carbocycles. The maximum Gasteiger partial charge on any atom is 0.257 e. The van der Waals surface area contributed by atoms with Gasteiger partial charge in [0.25, 0.3) is 5.91 Å². The van der Waals surface area contributed by atoms with Gasteiger partial charge < -0.3 is 5.32 Å². The summed E-state index contributed by atoms with van der Waals surface area (Å²) in [6.45, 7) is 0.645. The number of hydrogen-bond donors (Lipinski definition) is 3. The lowest BCUT2D eigenvalue weighted by Crippen LogP contribution is -2.31. The molecule has 70 valence electrons. The highest BCUT2D eigenvalue weighted by Gasteiger charge is 1.97. The summed E-state index contributed by atoms with van der Waals surface area (Å²) < 4.78 is 0. The predicted octanol–water partition coefficient (Wildman–Crippen LogP) is -0.323. The fourth-order valence-electron chi connectivity index (χ4n) is 0.863. The Kier molecular flexibility index (Phi) is 3.87. The second kappa shape index (κ2) is 5.23. The second-order valence-corrected chi connectivity index (χ2v) is 2.50. The Labute approximate surface area is 75.8 Å². The molecule has 0 unspecified atom stereocenters. The number of hydrogen-bond acceptors (Lipinski definition) is 4. The summed E-state index contributed by atoms with van der Waals surface area (Å²) in [6, 6.07) is 3.72. The lowest BCUT2D eigenvalue weighted by atomic mass is 10.3. The summed E-state index contributed by atoms with van der Waals surface area (Å²) in [4.78, 5) is 14.5. The summed E-state index contributed by atoms with van der Waals surface area (Å²) in [5.41, 5.74) is 2.53. The van der Waals surface area contributed by atoms with E-state index in [0.29, 0.717) is 6.54 Å². The first-order valence-electron chi connectivity index (χ1n) is 3.85. The molecule has 1 heterocycles. The molecule has 3 N–H and O–H groups in total. The zero-order valence-corrected chi connectivity index (χ0v) is 7.03. The number of rotatable bonds is 4. The monoisotopic (exact) mass is 181 g/mol. The Bertz CT molecular complexity index is 263. The van der Waals surface area contributed by atoms with Crippen LogP contribution in [0, 0.1) is 0 Å². The fraction of sp³-hybridized carbons (Fsp3) is 0.250. The van der Waals surface area contributed by atoms with E-state index in [1.165, 1.54) is 5.48 Å². The molecular formula is C8H11N3O2. The van der Waals surface area contributed by atoms with Gasteiger partial charge in [-0.05, 0) is 11.6 Å². The molecule has 0 aliphatic rings. The number of carbonyl (C=O) groups excluding carboxylic acids is 1. The van der Waals surface area contributed by atoms with Gasteiger partial charge in [-0.25, -0.2) is 5.48 Å². The number of amides is 1. The zero-order valence-electron chi connectivity index (χ0n) is 7.03. The van der Waals surface area contributed by atoms with E-state index in [1.54, 1.807) is 12.4 Å². The van der Waals surface area contributed by atoms with Crippen molar-refractivity contribution in [1.82, 2.24) is 15.8 Å². The molecule has 5 heteroatoms. The van der Waals surface area contributed by atoms with Gasteiger partial charge in [-0.2, -0.15) is 0 Å². The van der Waals surface area contributed by atoms with Crippen molar-refractivity contribution >= 4 is 5.91 Å². The maximum atomic E-state index is 10.6. The first-order chi connectivity index (χ1) is 6.33. The number of nitrogens with zero attached hydrogens (tertiary/aromatic N) is 1. The van der Waals surface area contributed by atoms with Gasteiger partial charge in [-0.3, -0.25) is 15.0 Å². The normalized spacial score (nSPS) is 9.62. The number of nitrogens with one attached hydrogen (secondary N) is 2. The summed E-state index contributed by atoms with van der Waals surface area (Å²) >= 11 is 0. The minimum atomic E-state index is -0.455. The third-order valence-corrected chi connectivity index (χ3v) is 1.46. The van der Waals surface area contributed by atoms with Gasteiger partial charge >= 0.3 is 0 Å². The van der Waals surface area contributed by atoms with Crippen LogP contribution in [0.15, 0.2) is 24.5 Å². The summed E-state index contributed by atoms with van der Waals surface area (Å²) in [6.07, 6.45) is 3.40. The maximum absolute atomic E-state index is 10.6. The van der Waals surface area contributed by atoms with Crippen molar-refractivity contribution < 1.29 is 10.0 Å². The molecule has 0 spiro atoms. The molecule has 5 nitrogen and oxygen atoms in total. The van der Waals surface area contributed by atoms with Crippen molar-refractivity contribution in [2.75, 3.05) is 6.54 Å². The van der Waals surface area contributed by atoms with Crippen LogP contribution in [0.2, 0.25) is 0 Å². The first kappa shape index (κ1) is 9.63. The van der Waals surface area contributed by atoms with Gasteiger partial charge in [0.05, 0.1) is 6.54 Å². The third kappa shape index (κ3) is 3.64. The molecule has 0 radical (unpaired) electrons. The van der Waals surface area contributed by atoms with Crippen LogP contribution in [0.5, 0.6) is 0 Å². The van der Waals surface area contributed by atoms with Gasteiger partial charge in [0.15, 0.2) is 0 Å². The van der Waals surface area contributed by atoms with Gasteiger partial charge in [-0.1, -0.05) is 6.07 Å². The largest absolute Gasteiger partial charge is 0.304 e. The molecule has 0 atom stereocenters.